The number of benzene rings is 1. The van der Waals surface area contributed by atoms with Crippen LogP contribution in [0.3, 0.4) is 0 Å². The molecule has 2 N–H and O–H groups in total. The van der Waals surface area contributed by atoms with Crippen LogP contribution in [0.5, 0.6) is 0 Å². The molecule has 1 aliphatic heterocycles. The van der Waals surface area contributed by atoms with Gasteiger partial charge in [0.1, 0.15) is 5.52 Å². The normalized spacial score (nSPS) is 15.4. The average molecular weight is 370 g/mol. The second-order valence-corrected chi connectivity index (χ2v) is 7.84. The number of nitrogens with two attached hydrogens (primary N) is 1. The van der Waals surface area contributed by atoms with Crippen LogP contribution in [0.1, 0.15) is 32.1 Å². The molecule has 6 heteroatoms. The molecule has 1 aliphatic rings. The Hall–Kier alpha value is -1.79. The van der Waals surface area contributed by atoms with Crippen LogP contribution in [0.4, 0.5) is 5.82 Å². The maximum atomic E-state index is 6.20. The molecular weight excluding hydrogens is 342 g/mol. The van der Waals surface area contributed by atoms with E-state index >= 15 is 0 Å². The summed E-state index contributed by atoms with van der Waals surface area (Å²) in [6.07, 6.45) is 8.54. The van der Waals surface area contributed by atoms with Crippen molar-refractivity contribution >= 4 is 39.5 Å². The monoisotopic (exact) mass is 369 g/mol. The highest BCUT2D eigenvalue weighted by Crippen LogP contribution is 2.31. The number of thioether (sulfide) groups is 1. The number of nitrogen functional groups attached to an aromatic ring is 1. The Morgan fingerprint density at radius 3 is 2.62 bits per heavy atom. The van der Waals surface area contributed by atoms with E-state index in [2.05, 4.69) is 32.8 Å². The molecule has 0 radical (unpaired) electrons. The maximum Gasteiger partial charge on any atom is 0.168 e. The molecule has 5 nitrogen and oxygen atoms in total. The van der Waals surface area contributed by atoms with Crippen molar-refractivity contribution in [1.29, 1.82) is 0 Å². The van der Waals surface area contributed by atoms with Crippen molar-refractivity contribution in [3.05, 3.63) is 24.3 Å². The molecule has 1 saturated heterocycles. The van der Waals surface area contributed by atoms with Gasteiger partial charge in [-0.2, -0.15) is 0 Å². The van der Waals surface area contributed by atoms with E-state index in [0.29, 0.717) is 5.82 Å². The predicted octanol–water partition coefficient (Wildman–Crippen LogP) is 4.15. The third-order valence-electron chi connectivity index (χ3n) is 5.31. The largest absolute Gasteiger partial charge is 0.382 e. The number of nitrogens with zero attached hydrogens (tertiary/aromatic N) is 4. The summed E-state index contributed by atoms with van der Waals surface area (Å²) >= 11 is 1.68. The summed E-state index contributed by atoms with van der Waals surface area (Å²) < 4.78 is 2.34. The number of hydrogen-bond donors (Lipinski definition) is 1. The number of anilines is 1. The first-order valence-corrected chi connectivity index (χ1v) is 10.8. The van der Waals surface area contributed by atoms with Crippen LogP contribution < -0.4 is 5.73 Å². The lowest BCUT2D eigenvalue weighted by atomic mass is 10.1. The van der Waals surface area contributed by atoms with Gasteiger partial charge in [0.2, 0.25) is 0 Å². The van der Waals surface area contributed by atoms with Gasteiger partial charge in [0.15, 0.2) is 11.0 Å². The van der Waals surface area contributed by atoms with E-state index in [-0.39, 0.29) is 0 Å². The number of pyridine rings is 1. The minimum atomic E-state index is 0.529. The lowest BCUT2D eigenvalue weighted by Crippen LogP contribution is -2.20. The molecule has 26 heavy (non-hydrogen) atoms. The molecule has 0 spiro atoms. The zero-order valence-corrected chi connectivity index (χ0v) is 16.3. The van der Waals surface area contributed by atoms with E-state index < -0.39 is 0 Å². The highest BCUT2D eigenvalue weighted by atomic mass is 32.2. The first kappa shape index (κ1) is 17.6. The van der Waals surface area contributed by atoms with Crippen LogP contribution in [0.25, 0.3) is 21.9 Å². The summed E-state index contributed by atoms with van der Waals surface area (Å²) in [4.78, 5) is 11.9. The first-order valence-electron chi connectivity index (χ1n) is 9.58. The van der Waals surface area contributed by atoms with Crippen molar-refractivity contribution in [1.82, 2.24) is 19.4 Å². The zero-order valence-electron chi connectivity index (χ0n) is 15.4. The number of rotatable bonds is 7. The Bertz CT molecular complexity index is 898. The molecule has 0 aliphatic carbocycles. The van der Waals surface area contributed by atoms with E-state index in [1.54, 1.807) is 11.8 Å². The fraction of sp³-hybridized carbons (Fsp3) is 0.500. The number of unbranched alkanes of at least 4 members (excludes halogenated alkanes) is 2. The highest BCUT2D eigenvalue weighted by Gasteiger charge is 2.16. The molecular formula is C20H27N5S. The van der Waals surface area contributed by atoms with E-state index in [9.17, 15) is 0 Å². The van der Waals surface area contributed by atoms with Crippen molar-refractivity contribution in [3.8, 4) is 0 Å². The highest BCUT2D eigenvalue weighted by molar-refractivity contribution is 7.98. The van der Waals surface area contributed by atoms with Gasteiger partial charge in [0.05, 0.1) is 11.0 Å². The number of imidazole rings is 1. The number of para-hydroxylation sites is 1. The molecule has 3 heterocycles. The van der Waals surface area contributed by atoms with E-state index in [1.165, 1.54) is 51.7 Å². The molecule has 138 valence electrons. The average Bonchev–Trinajstić information content (AvgIpc) is 3.29. The predicted molar refractivity (Wildman–Crippen MR) is 111 cm³/mol. The molecule has 1 fully saturated rings. The topological polar surface area (TPSA) is 60.0 Å². The van der Waals surface area contributed by atoms with Crippen molar-refractivity contribution in [2.75, 3.05) is 31.6 Å². The number of aromatic nitrogens is 3. The molecule has 0 unspecified atom stereocenters. The standard InChI is InChI=1S/C20H27N5S/c1-26-20-23-17-18(15-9-3-4-10-16(15)22-19(17)21)25(20)14-6-2-5-11-24-12-7-8-13-24/h3-4,9-10H,2,5-8,11-14H2,1H3,(H2,21,22). The van der Waals surface area contributed by atoms with Crippen molar-refractivity contribution < 1.29 is 0 Å². The number of hydrogen-bond acceptors (Lipinski definition) is 5. The molecule has 1 aromatic carbocycles. The van der Waals surface area contributed by atoms with Gasteiger partial charge in [-0.25, -0.2) is 9.97 Å². The van der Waals surface area contributed by atoms with Crippen LogP contribution in [0.15, 0.2) is 29.4 Å². The van der Waals surface area contributed by atoms with Gasteiger partial charge in [-0.15, -0.1) is 0 Å². The third kappa shape index (κ3) is 3.40. The van der Waals surface area contributed by atoms with Gasteiger partial charge in [0.25, 0.3) is 0 Å². The maximum absolute atomic E-state index is 6.20. The van der Waals surface area contributed by atoms with Gasteiger partial charge in [0, 0.05) is 11.9 Å². The minimum absolute atomic E-state index is 0.529. The number of fused-ring (bicyclic) bond motifs is 3. The van der Waals surface area contributed by atoms with Crippen LogP contribution >= 0.6 is 11.8 Å². The SMILES string of the molecule is CSc1nc2c(N)nc3ccccc3c2n1CCCCCN1CCCC1. The molecule has 0 saturated carbocycles. The summed E-state index contributed by atoms with van der Waals surface area (Å²) in [6.45, 7) is 4.82. The molecule has 2 aromatic heterocycles. The molecule has 0 atom stereocenters. The molecule has 0 amide bonds. The van der Waals surface area contributed by atoms with Gasteiger partial charge >= 0.3 is 0 Å². The Morgan fingerprint density at radius 1 is 1.04 bits per heavy atom. The van der Waals surface area contributed by atoms with Gasteiger partial charge in [-0.1, -0.05) is 36.4 Å². The Balaban J connectivity index is 1.55. The molecule has 0 bridgehead atoms. The summed E-state index contributed by atoms with van der Waals surface area (Å²) in [5.74, 6) is 0.529. The summed E-state index contributed by atoms with van der Waals surface area (Å²) in [5.41, 5.74) is 9.12. The summed E-state index contributed by atoms with van der Waals surface area (Å²) in [7, 11) is 0. The Kier molecular flexibility index (Phi) is 5.31. The smallest absolute Gasteiger partial charge is 0.168 e. The van der Waals surface area contributed by atoms with Crippen molar-refractivity contribution in [2.45, 2.75) is 43.8 Å². The number of aryl methyl sites for hydroxylation is 1. The number of likely N-dealkylation sites (tertiary alicyclic amines) is 1. The van der Waals surface area contributed by atoms with Crippen molar-refractivity contribution in [2.24, 2.45) is 0 Å². The van der Waals surface area contributed by atoms with Gasteiger partial charge in [-0.05, 0) is 57.6 Å². The first-order chi connectivity index (χ1) is 12.8. The summed E-state index contributed by atoms with van der Waals surface area (Å²) in [5, 5.41) is 2.17. The van der Waals surface area contributed by atoms with Crippen LogP contribution in [-0.4, -0.2) is 45.3 Å². The lowest BCUT2D eigenvalue weighted by Gasteiger charge is -2.14. The second-order valence-electron chi connectivity index (χ2n) is 7.07. The third-order valence-corrected chi connectivity index (χ3v) is 5.99. The Labute approximate surface area is 159 Å². The van der Waals surface area contributed by atoms with E-state index in [4.69, 9.17) is 10.7 Å². The summed E-state index contributed by atoms with van der Waals surface area (Å²) in [6, 6.07) is 8.22. The Morgan fingerprint density at radius 2 is 1.81 bits per heavy atom. The van der Waals surface area contributed by atoms with E-state index in [0.717, 1.165) is 33.6 Å². The van der Waals surface area contributed by atoms with Crippen LogP contribution in [0.2, 0.25) is 0 Å². The lowest BCUT2D eigenvalue weighted by molar-refractivity contribution is 0.327. The van der Waals surface area contributed by atoms with Gasteiger partial charge < -0.3 is 15.2 Å². The zero-order chi connectivity index (χ0) is 17.9. The van der Waals surface area contributed by atoms with E-state index in [1.807, 2.05) is 12.1 Å². The second kappa shape index (κ2) is 7.84. The van der Waals surface area contributed by atoms with Crippen LogP contribution in [-0.2, 0) is 6.54 Å². The quantitative estimate of drug-likeness (QED) is 0.501. The molecule has 3 aromatic rings. The fourth-order valence-electron chi connectivity index (χ4n) is 3.99. The fourth-order valence-corrected chi connectivity index (χ4v) is 4.58. The molecule has 4 rings (SSSR count). The van der Waals surface area contributed by atoms with Crippen LogP contribution in [0, 0.1) is 0 Å². The van der Waals surface area contributed by atoms with Gasteiger partial charge in [-0.3, -0.25) is 0 Å². The minimum Gasteiger partial charge on any atom is -0.382 e. The van der Waals surface area contributed by atoms with Crippen molar-refractivity contribution in [3.63, 3.8) is 0 Å².